The van der Waals surface area contributed by atoms with Gasteiger partial charge in [-0.2, -0.15) is 0 Å². The summed E-state index contributed by atoms with van der Waals surface area (Å²) >= 11 is 3.40. The molecule has 0 aromatic heterocycles. The zero-order valence-corrected chi connectivity index (χ0v) is 15.7. The molecule has 0 N–H and O–H groups in total. The Kier molecular flexibility index (Phi) is 5.94. The summed E-state index contributed by atoms with van der Waals surface area (Å²) in [6, 6.07) is 7.53. The van der Waals surface area contributed by atoms with Crippen molar-refractivity contribution in [3.63, 3.8) is 0 Å². The Morgan fingerprint density at radius 3 is 2.38 bits per heavy atom. The summed E-state index contributed by atoms with van der Waals surface area (Å²) in [5.41, 5.74) is 2.43. The number of hydrogen-bond donors (Lipinski definition) is 0. The number of aliphatic imine (C=N–C) groups is 1. The first-order chi connectivity index (χ1) is 11.4. The summed E-state index contributed by atoms with van der Waals surface area (Å²) in [7, 11) is 1.34. The maximum absolute atomic E-state index is 12.5. The van der Waals surface area contributed by atoms with E-state index in [1.165, 1.54) is 7.11 Å². The van der Waals surface area contributed by atoms with Gasteiger partial charge < -0.3 is 9.47 Å². The molecular weight excluding hydrogens is 374 g/mol. The van der Waals surface area contributed by atoms with E-state index in [4.69, 9.17) is 9.47 Å². The Bertz CT molecular complexity index is 706. The predicted molar refractivity (Wildman–Crippen MR) is 94.8 cm³/mol. The standard InChI is InChI=1S/C18H20BrNO4/c1-5-24-18(22)15-11(3)20-10(2)14(17(21)23-4)16(15)12-6-8-13(19)9-7-12/h6-9,14,16H,5H2,1-4H3/t14-,16+/m0/s1. The van der Waals surface area contributed by atoms with Crippen molar-refractivity contribution in [3.05, 3.63) is 45.6 Å². The summed E-state index contributed by atoms with van der Waals surface area (Å²) < 4.78 is 11.1. The van der Waals surface area contributed by atoms with Crippen LogP contribution in [0.15, 0.2) is 45.0 Å². The maximum Gasteiger partial charge on any atom is 0.336 e. The van der Waals surface area contributed by atoms with Gasteiger partial charge in [-0.15, -0.1) is 0 Å². The molecule has 0 spiro atoms. The van der Waals surface area contributed by atoms with E-state index in [1.54, 1.807) is 20.8 Å². The Hall–Kier alpha value is -1.95. The van der Waals surface area contributed by atoms with Gasteiger partial charge in [-0.3, -0.25) is 9.79 Å². The van der Waals surface area contributed by atoms with E-state index in [-0.39, 0.29) is 6.61 Å². The number of allylic oxidation sites excluding steroid dienone is 1. The van der Waals surface area contributed by atoms with Gasteiger partial charge in [0.1, 0.15) is 5.92 Å². The lowest BCUT2D eigenvalue weighted by Gasteiger charge is -2.31. The van der Waals surface area contributed by atoms with Crippen LogP contribution < -0.4 is 0 Å². The molecule has 1 aromatic carbocycles. The van der Waals surface area contributed by atoms with Crippen LogP contribution in [0.5, 0.6) is 0 Å². The van der Waals surface area contributed by atoms with Crippen molar-refractivity contribution in [3.8, 4) is 0 Å². The van der Waals surface area contributed by atoms with Crippen molar-refractivity contribution in [2.24, 2.45) is 10.9 Å². The normalized spacial score (nSPS) is 20.5. The molecule has 0 saturated heterocycles. The third-order valence-corrected chi connectivity index (χ3v) is 4.54. The van der Waals surface area contributed by atoms with Crippen LogP contribution >= 0.6 is 15.9 Å². The van der Waals surface area contributed by atoms with Crippen LogP contribution in [0.3, 0.4) is 0 Å². The third-order valence-electron chi connectivity index (χ3n) is 4.01. The van der Waals surface area contributed by atoms with E-state index in [9.17, 15) is 9.59 Å². The van der Waals surface area contributed by atoms with Crippen LogP contribution in [0, 0.1) is 5.92 Å². The molecular formula is C18H20BrNO4. The van der Waals surface area contributed by atoms with E-state index in [0.29, 0.717) is 17.0 Å². The molecule has 5 nitrogen and oxygen atoms in total. The van der Waals surface area contributed by atoms with Gasteiger partial charge in [0.05, 0.1) is 19.3 Å². The van der Waals surface area contributed by atoms with Gasteiger partial charge in [0.2, 0.25) is 0 Å². The van der Waals surface area contributed by atoms with Gasteiger partial charge in [-0.1, -0.05) is 28.1 Å². The number of halogens is 1. The van der Waals surface area contributed by atoms with Crippen molar-refractivity contribution in [1.29, 1.82) is 0 Å². The maximum atomic E-state index is 12.5. The number of esters is 2. The van der Waals surface area contributed by atoms with Gasteiger partial charge in [-0.05, 0) is 38.5 Å². The molecule has 128 valence electrons. The number of rotatable bonds is 4. The summed E-state index contributed by atoms with van der Waals surface area (Å²) in [4.78, 5) is 29.3. The molecule has 0 radical (unpaired) electrons. The highest BCUT2D eigenvalue weighted by Crippen LogP contribution is 2.40. The SMILES string of the molecule is CCOC(=O)C1=C(C)N=C(C)[C@H](C(=O)OC)[C@H]1c1ccc(Br)cc1. The molecule has 0 amide bonds. The lowest BCUT2D eigenvalue weighted by Crippen LogP contribution is -2.36. The first kappa shape index (κ1) is 18.4. The Balaban J connectivity index is 2.62. The number of nitrogens with zero attached hydrogens (tertiary/aromatic N) is 1. The molecule has 1 aromatic rings. The van der Waals surface area contributed by atoms with Crippen LogP contribution in [0.1, 0.15) is 32.3 Å². The van der Waals surface area contributed by atoms with Gasteiger partial charge in [-0.25, -0.2) is 4.79 Å². The Morgan fingerprint density at radius 1 is 1.21 bits per heavy atom. The minimum atomic E-state index is -0.653. The number of carbonyl (C=O) groups excluding carboxylic acids is 2. The molecule has 1 aliphatic heterocycles. The minimum absolute atomic E-state index is 0.258. The second kappa shape index (κ2) is 7.75. The fraction of sp³-hybridized carbons (Fsp3) is 0.389. The molecule has 0 bridgehead atoms. The van der Waals surface area contributed by atoms with Crippen molar-refractivity contribution >= 4 is 33.6 Å². The van der Waals surface area contributed by atoms with Crippen LogP contribution in [0.25, 0.3) is 0 Å². The van der Waals surface area contributed by atoms with E-state index in [2.05, 4.69) is 20.9 Å². The van der Waals surface area contributed by atoms with Crippen LogP contribution in [0.2, 0.25) is 0 Å². The number of carbonyl (C=O) groups is 2. The summed E-state index contributed by atoms with van der Waals surface area (Å²) in [6.45, 7) is 5.54. The van der Waals surface area contributed by atoms with E-state index in [0.717, 1.165) is 10.0 Å². The topological polar surface area (TPSA) is 65.0 Å². The summed E-state index contributed by atoms with van der Waals surface area (Å²) in [6.07, 6.45) is 0. The highest BCUT2D eigenvalue weighted by Gasteiger charge is 2.42. The molecule has 2 atom stereocenters. The van der Waals surface area contributed by atoms with Gasteiger partial charge in [0.25, 0.3) is 0 Å². The summed E-state index contributed by atoms with van der Waals surface area (Å²) in [5.74, 6) is -2.01. The summed E-state index contributed by atoms with van der Waals surface area (Å²) in [5, 5.41) is 0. The smallest absolute Gasteiger partial charge is 0.336 e. The number of ether oxygens (including phenoxy) is 2. The molecule has 0 fully saturated rings. The second-order valence-electron chi connectivity index (χ2n) is 5.50. The molecule has 0 unspecified atom stereocenters. The first-order valence-electron chi connectivity index (χ1n) is 7.67. The average Bonchev–Trinajstić information content (AvgIpc) is 2.54. The van der Waals surface area contributed by atoms with Gasteiger partial charge >= 0.3 is 11.9 Å². The zero-order chi connectivity index (χ0) is 17.9. The molecule has 24 heavy (non-hydrogen) atoms. The molecule has 2 rings (SSSR count). The van der Waals surface area contributed by atoms with Crippen LogP contribution in [-0.2, 0) is 19.1 Å². The Labute approximate surface area is 149 Å². The van der Waals surface area contributed by atoms with E-state index < -0.39 is 23.8 Å². The number of benzene rings is 1. The first-order valence-corrected chi connectivity index (χ1v) is 8.46. The van der Waals surface area contributed by atoms with E-state index >= 15 is 0 Å². The monoisotopic (exact) mass is 393 g/mol. The van der Waals surface area contributed by atoms with E-state index in [1.807, 2.05) is 24.3 Å². The number of hydrogen-bond acceptors (Lipinski definition) is 5. The molecule has 6 heteroatoms. The molecule has 0 saturated carbocycles. The molecule has 1 heterocycles. The van der Waals surface area contributed by atoms with Crippen LogP contribution in [0.4, 0.5) is 0 Å². The quantitative estimate of drug-likeness (QED) is 0.732. The lowest BCUT2D eigenvalue weighted by atomic mass is 9.75. The highest BCUT2D eigenvalue weighted by atomic mass is 79.9. The predicted octanol–water partition coefficient (Wildman–Crippen LogP) is 3.63. The van der Waals surface area contributed by atoms with Gasteiger partial charge in [0, 0.05) is 21.8 Å². The fourth-order valence-corrected chi connectivity index (χ4v) is 3.24. The van der Waals surface area contributed by atoms with Crippen molar-refractivity contribution in [1.82, 2.24) is 0 Å². The van der Waals surface area contributed by atoms with Crippen LogP contribution in [-0.4, -0.2) is 31.4 Å². The average molecular weight is 394 g/mol. The fourth-order valence-electron chi connectivity index (χ4n) is 2.97. The van der Waals surface area contributed by atoms with Crippen molar-refractivity contribution in [2.45, 2.75) is 26.7 Å². The minimum Gasteiger partial charge on any atom is -0.468 e. The number of methoxy groups -OCH3 is 1. The molecule has 1 aliphatic rings. The second-order valence-corrected chi connectivity index (χ2v) is 6.42. The van der Waals surface area contributed by atoms with Crippen molar-refractivity contribution in [2.75, 3.05) is 13.7 Å². The van der Waals surface area contributed by atoms with Gasteiger partial charge in [0.15, 0.2) is 0 Å². The Morgan fingerprint density at radius 2 is 1.83 bits per heavy atom. The zero-order valence-electron chi connectivity index (χ0n) is 14.1. The van der Waals surface area contributed by atoms with Crippen molar-refractivity contribution < 1.29 is 19.1 Å². The third kappa shape index (κ3) is 3.59. The lowest BCUT2D eigenvalue weighted by molar-refractivity contribution is -0.144. The largest absolute Gasteiger partial charge is 0.468 e. The highest BCUT2D eigenvalue weighted by molar-refractivity contribution is 9.10. The molecule has 0 aliphatic carbocycles.